The Labute approximate surface area is 107 Å². The molecule has 0 bridgehead atoms. The predicted octanol–water partition coefficient (Wildman–Crippen LogP) is 3.07. The molecular formula is C14H19FN2O. The Morgan fingerprint density at radius 2 is 2.11 bits per heavy atom. The maximum atomic E-state index is 13.8. The molecule has 1 aromatic rings. The van der Waals surface area contributed by atoms with E-state index in [0.29, 0.717) is 11.5 Å². The highest BCUT2D eigenvalue weighted by Gasteiger charge is 2.23. The molecule has 2 unspecified atom stereocenters. The van der Waals surface area contributed by atoms with Crippen LogP contribution in [0.2, 0.25) is 0 Å². The van der Waals surface area contributed by atoms with Crippen molar-refractivity contribution in [1.82, 2.24) is 0 Å². The van der Waals surface area contributed by atoms with Crippen molar-refractivity contribution in [3.8, 4) is 5.75 Å². The summed E-state index contributed by atoms with van der Waals surface area (Å²) in [5.41, 5.74) is 5.70. The lowest BCUT2D eigenvalue weighted by Crippen LogP contribution is -2.28. The third-order valence-corrected chi connectivity index (χ3v) is 3.55. The average Bonchev–Trinajstić information content (AvgIpc) is 2.34. The van der Waals surface area contributed by atoms with Crippen LogP contribution in [0.4, 0.5) is 4.39 Å². The number of nitrogens with one attached hydrogen (secondary N) is 1. The third kappa shape index (κ3) is 2.81. The molecule has 1 fully saturated rings. The highest BCUT2D eigenvalue weighted by Crippen LogP contribution is 2.29. The summed E-state index contributed by atoms with van der Waals surface area (Å²) in [7, 11) is 0. The average molecular weight is 250 g/mol. The van der Waals surface area contributed by atoms with Crippen LogP contribution in [0.3, 0.4) is 0 Å². The second-order valence-electron chi connectivity index (χ2n) is 4.98. The van der Waals surface area contributed by atoms with Gasteiger partial charge in [0.1, 0.15) is 11.9 Å². The maximum Gasteiger partial charge on any atom is 0.165 e. The number of benzene rings is 1. The molecule has 1 aliphatic carbocycles. The summed E-state index contributed by atoms with van der Waals surface area (Å²) in [4.78, 5) is 0. The summed E-state index contributed by atoms with van der Waals surface area (Å²) >= 11 is 0. The SMILES string of the molecule is CC1CCCCC1Oc1ccc(C(=N)N)cc1F. The van der Waals surface area contributed by atoms with E-state index in [1.165, 1.54) is 12.5 Å². The minimum atomic E-state index is -0.444. The quantitative estimate of drug-likeness (QED) is 0.639. The Hall–Kier alpha value is -1.58. The third-order valence-electron chi connectivity index (χ3n) is 3.55. The fourth-order valence-electron chi connectivity index (χ4n) is 2.38. The number of ether oxygens (including phenoxy) is 1. The Bertz CT molecular complexity index is 447. The van der Waals surface area contributed by atoms with Crippen molar-refractivity contribution >= 4 is 5.84 Å². The van der Waals surface area contributed by atoms with Gasteiger partial charge >= 0.3 is 0 Å². The molecule has 2 rings (SSSR count). The van der Waals surface area contributed by atoms with Crippen LogP contribution in [0.5, 0.6) is 5.75 Å². The molecule has 2 atom stereocenters. The summed E-state index contributed by atoms with van der Waals surface area (Å²) in [5.74, 6) is 0.149. The summed E-state index contributed by atoms with van der Waals surface area (Å²) < 4.78 is 19.6. The Kier molecular flexibility index (Phi) is 3.84. The summed E-state index contributed by atoms with van der Waals surface area (Å²) in [6.07, 6.45) is 4.58. The summed E-state index contributed by atoms with van der Waals surface area (Å²) in [6.45, 7) is 2.14. The van der Waals surface area contributed by atoms with Gasteiger partial charge in [-0.1, -0.05) is 13.3 Å². The zero-order valence-corrected chi connectivity index (χ0v) is 10.6. The Morgan fingerprint density at radius 1 is 1.39 bits per heavy atom. The van der Waals surface area contributed by atoms with Gasteiger partial charge in [-0.05, 0) is 43.4 Å². The Morgan fingerprint density at radius 3 is 2.72 bits per heavy atom. The van der Waals surface area contributed by atoms with Crippen LogP contribution in [0.1, 0.15) is 38.2 Å². The number of amidine groups is 1. The van der Waals surface area contributed by atoms with Crippen LogP contribution >= 0.6 is 0 Å². The number of rotatable bonds is 3. The lowest BCUT2D eigenvalue weighted by atomic mass is 9.88. The zero-order valence-electron chi connectivity index (χ0n) is 10.6. The largest absolute Gasteiger partial charge is 0.487 e. The Balaban J connectivity index is 2.11. The van der Waals surface area contributed by atoms with E-state index in [2.05, 4.69) is 6.92 Å². The molecule has 4 heteroatoms. The highest BCUT2D eigenvalue weighted by atomic mass is 19.1. The summed E-state index contributed by atoms with van der Waals surface area (Å²) in [6, 6.07) is 4.44. The smallest absolute Gasteiger partial charge is 0.165 e. The van der Waals surface area contributed by atoms with Gasteiger partial charge in [0, 0.05) is 5.56 Å². The van der Waals surface area contributed by atoms with E-state index in [0.717, 1.165) is 19.3 Å². The minimum absolute atomic E-state index is 0.0939. The summed E-state index contributed by atoms with van der Waals surface area (Å²) in [5, 5.41) is 7.26. The molecule has 1 aliphatic rings. The van der Waals surface area contributed by atoms with Crippen LogP contribution in [0.15, 0.2) is 18.2 Å². The van der Waals surface area contributed by atoms with E-state index in [1.54, 1.807) is 12.1 Å². The number of hydrogen-bond donors (Lipinski definition) is 2. The molecule has 0 radical (unpaired) electrons. The molecule has 3 nitrogen and oxygen atoms in total. The van der Waals surface area contributed by atoms with Crippen molar-refractivity contribution < 1.29 is 9.13 Å². The van der Waals surface area contributed by atoms with E-state index >= 15 is 0 Å². The van der Waals surface area contributed by atoms with Gasteiger partial charge in [-0.2, -0.15) is 0 Å². The molecule has 0 saturated heterocycles. The van der Waals surface area contributed by atoms with Gasteiger partial charge in [-0.3, -0.25) is 5.41 Å². The molecule has 98 valence electrons. The van der Waals surface area contributed by atoms with Crippen molar-refractivity contribution in [3.05, 3.63) is 29.6 Å². The van der Waals surface area contributed by atoms with E-state index < -0.39 is 5.82 Å². The molecule has 1 aromatic carbocycles. The topological polar surface area (TPSA) is 59.1 Å². The van der Waals surface area contributed by atoms with Crippen LogP contribution in [-0.2, 0) is 0 Å². The number of nitrogens with two attached hydrogens (primary N) is 1. The second-order valence-corrected chi connectivity index (χ2v) is 4.98. The van der Waals surface area contributed by atoms with Gasteiger partial charge in [0.2, 0.25) is 0 Å². The molecule has 0 aromatic heterocycles. The van der Waals surface area contributed by atoms with Gasteiger partial charge in [-0.25, -0.2) is 4.39 Å². The predicted molar refractivity (Wildman–Crippen MR) is 69.5 cm³/mol. The van der Waals surface area contributed by atoms with E-state index in [9.17, 15) is 4.39 Å². The van der Waals surface area contributed by atoms with Crippen molar-refractivity contribution in [1.29, 1.82) is 5.41 Å². The lowest BCUT2D eigenvalue weighted by Gasteiger charge is -2.29. The molecule has 0 spiro atoms. The zero-order chi connectivity index (χ0) is 13.1. The molecule has 3 N–H and O–H groups in total. The fraction of sp³-hybridized carbons (Fsp3) is 0.500. The molecule has 1 saturated carbocycles. The van der Waals surface area contributed by atoms with Crippen molar-refractivity contribution in [3.63, 3.8) is 0 Å². The van der Waals surface area contributed by atoms with Crippen LogP contribution in [0, 0.1) is 17.1 Å². The van der Waals surface area contributed by atoms with Crippen molar-refractivity contribution in [2.45, 2.75) is 38.7 Å². The van der Waals surface area contributed by atoms with Crippen molar-refractivity contribution in [2.24, 2.45) is 11.7 Å². The van der Waals surface area contributed by atoms with Gasteiger partial charge in [0.05, 0.1) is 0 Å². The minimum Gasteiger partial charge on any atom is -0.487 e. The molecular weight excluding hydrogens is 231 g/mol. The maximum absolute atomic E-state index is 13.8. The standard InChI is InChI=1S/C14H19FN2O/c1-9-4-2-3-5-12(9)18-13-7-6-10(14(16)17)8-11(13)15/h6-9,12H,2-5H2,1H3,(H3,16,17). The lowest BCUT2D eigenvalue weighted by molar-refractivity contribution is 0.0980. The first-order valence-corrected chi connectivity index (χ1v) is 6.38. The van der Waals surface area contributed by atoms with Crippen LogP contribution in [0.25, 0.3) is 0 Å². The van der Waals surface area contributed by atoms with Gasteiger partial charge in [-0.15, -0.1) is 0 Å². The monoisotopic (exact) mass is 250 g/mol. The van der Waals surface area contributed by atoms with Gasteiger partial charge in [0.15, 0.2) is 11.6 Å². The molecule has 0 heterocycles. The molecule has 0 aliphatic heterocycles. The van der Waals surface area contributed by atoms with E-state index in [-0.39, 0.29) is 17.7 Å². The highest BCUT2D eigenvalue weighted by molar-refractivity contribution is 5.95. The van der Waals surface area contributed by atoms with Crippen LogP contribution < -0.4 is 10.5 Å². The van der Waals surface area contributed by atoms with E-state index in [1.807, 2.05) is 0 Å². The van der Waals surface area contributed by atoms with Crippen molar-refractivity contribution in [2.75, 3.05) is 0 Å². The first-order chi connectivity index (χ1) is 8.58. The number of hydrogen-bond acceptors (Lipinski definition) is 2. The van der Waals surface area contributed by atoms with Gasteiger partial charge in [0.25, 0.3) is 0 Å². The van der Waals surface area contributed by atoms with Gasteiger partial charge < -0.3 is 10.5 Å². The van der Waals surface area contributed by atoms with E-state index in [4.69, 9.17) is 15.9 Å². The fourth-order valence-corrected chi connectivity index (χ4v) is 2.38. The number of nitrogen functional groups attached to an aromatic ring is 1. The molecule has 0 amide bonds. The second kappa shape index (κ2) is 5.38. The van der Waals surface area contributed by atoms with Crippen LogP contribution in [-0.4, -0.2) is 11.9 Å². The number of halogens is 1. The first-order valence-electron chi connectivity index (χ1n) is 6.38. The first kappa shape index (κ1) is 12.9. The normalized spacial score (nSPS) is 23.7. The molecule has 18 heavy (non-hydrogen) atoms.